The minimum Gasteiger partial charge on any atom is -0.385 e. The number of aliphatic hydroxyl groups is 1. The molecule has 1 aromatic heterocycles. The summed E-state index contributed by atoms with van der Waals surface area (Å²) in [6, 6.07) is 10.1. The number of ether oxygens (including phenoxy) is 1. The van der Waals surface area contributed by atoms with Gasteiger partial charge in [-0.3, -0.25) is 4.90 Å². The van der Waals surface area contributed by atoms with Crippen molar-refractivity contribution in [2.24, 2.45) is 0 Å². The summed E-state index contributed by atoms with van der Waals surface area (Å²) >= 11 is 0. The molecule has 4 rings (SSSR count). The average molecular weight is 328 g/mol. The minimum atomic E-state index is -0.714. The van der Waals surface area contributed by atoms with Gasteiger partial charge < -0.3 is 14.4 Å². The molecule has 2 aromatic rings. The number of aromatic nitrogens is 3. The van der Waals surface area contributed by atoms with Crippen LogP contribution in [0.5, 0.6) is 0 Å². The summed E-state index contributed by atoms with van der Waals surface area (Å²) in [6.07, 6.45) is 2.54. The Morgan fingerprint density at radius 2 is 1.96 bits per heavy atom. The third-order valence-electron chi connectivity index (χ3n) is 5.18. The molecule has 0 bridgehead atoms. The SMILES string of the molecule is OC1(c2ccccc2)CCCN(Cc2nnc3n2CCOC3)CC1. The Bertz CT molecular complexity index is 688. The van der Waals surface area contributed by atoms with Crippen molar-refractivity contribution in [1.29, 1.82) is 0 Å². The van der Waals surface area contributed by atoms with Gasteiger partial charge in [0.05, 0.1) is 18.8 Å². The molecule has 0 amide bonds. The Morgan fingerprint density at radius 1 is 1.08 bits per heavy atom. The summed E-state index contributed by atoms with van der Waals surface area (Å²) in [6.45, 7) is 4.75. The Balaban J connectivity index is 1.45. The molecule has 0 spiro atoms. The Labute approximate surface area is 142 Å². The number of hydrogen-bond donors (Lipinski definition) is 1. The fourth-order valence-corrected chi connectivity index (χ4v) is 3.74. The van der Waals surface area contributed by atoms with E-state index in [1.54, 1.807) is 0 Å². The highest BCUT2D eigenvalue weighted by Gasteiger charge is 2.32. The van der Waals surface area contributed by atoms with Crippen LogP contribution in [0.3, 0.4) is 0 Å². The predicted molar refractivity (Wildman–Crippen MR) is 89.1 cm³/mol. The third-order valence-corrected chi connectivity index (χ3v) is 5.18. The summed E-state index contributed by atoms with van der Waals surface area (Å²) in [7, 11) is 0. The van der Waals surface area contributed by atoms with Crippen LogP contribution in [-0.2, 0) is 30.0 Å². The van der Waals surface area contributed by atoms with E-state index in [2.05, 4.69) is 19.7 Å². The number of hydrogen-bond acceptors (Lipinski definition) is 5. The first-order valence-corrected chi connectivity index (χ1v) is 8.74. The quantitative estimate of drug-likeness (QED) is 0.929. The average Bonchev–Trinajstić information content (AvgIpc) is 2.93. The van der Waals surface area contributed by atoms with E-state index in [1.165, 1.54) is 0 Å². The third kappa shape index (κ3) is 3.09. The van der Waals surface area contributed by atoms with E-state index in [9.17, 15) is 5.11 Å². The largest absolute Gasteiger partial charge is 0.385 e. The molecule has 0 saturated carbocycles. The van der Waals surface area contributed by atoms with Crippen LogP contribution in [0.2, 0.25) is 0 Å². The van der Waals surface area contributed by atoms with Crippen LogP contribution in [0.15, 0.2) is 30.3 Å². The molecule has 1 unspecified atom stereocenters. The molecule has 1 aromatic carbocycles. The van der Waals surface area contributed by atoms with Crippen LogP contribution < -0.4 is 0 Å². The molecule has 24 heavy (non-hydrogen) atoms. The first kappa shape index (κ1) is 15.7. The van der Waals surface area contributed by atoms with Crippen LogP contribution in [0.25, 0.3) is 0 Å². The van der Waals surface area contributed by atoms with E-state index >= 15 is 0 Å². The Morgan fingerprint density at radius 3 is 2.83 bits per heavy atom. The molecule has 1 saturated heterocycles. The van der Waals surface area contributed by atoms with Crippen molar-refractivity contribution in [3.8, 4) is 0 Å². The topological polar surface area (TPSA) is 63.4 Å². The summed E-state index contributed by atoms with van der Waals surface area (Å²) in [4.78, 5) is 2.38. The molecule has 1 fully saturated rings. The number of likely N-dealkylation sites (tertiary alicyclic amines) is 1. The monoisotopic (exact) mass is 328 g/mol. The van der Waals surface area contributed by atoms with E-state index in [4.69, 9.17) is 4.74 Å². The van der Waals surface area contributed by atoms with Gasteiger partial charge in [0.25, 0.3) is 0 Å². The number of benzene rings is 1. The maximum Gasteiger partial charge on any atom is 0.159 e. The van der Waals surface area contributed by atoms with Crippen molar-refractivity contribution in [1.82, 2.24) is 19.7 Å². The van der Waals surface area contributed by atoms with Gasteiger partial charge in [-0.15, -0.1) is 10.2 Å². The van der Waals surface area contributed by atoms with Crippen LogP contribution >= 0.6 is 0 Å². The molecule has 128 valence electrons. The highest BCUT2D eigenvalue weighted by atomic mass is 16.5. The molecule has 1 N–H and O–H groups in total. The fourth-order valence-electron chi connectivity index (χ4n) is 3.74. The molecule has 6 heteroatoms. The van der Waals surface area contributed by atoms with Gasteiger partial charge in [-0.1, -0.05) is 30.3 Å². The normalized spacial score (nSPS) is 25.2. The highest BCUT2D eigenvalue weighted by Crippen LogP contribution is 2.33. The number of rotatable bonds is 3. The Hall–Kier alpha value is -1.76. The fraction of sp³-hybridized carbons (Fsp3) is 0.556. The smallest absolute Gasteiger partial charge is 0.159 e. The van der Waals surface area contributed by atoms with Gasteiger partial charge >= 0.3 is 0 Å². The second-order valence-corrected chi connectivity index (χ2v) is 6.76. The lowest BCUT2D eigenvalue weighted by Crippen LogP contribution is -2.30. The van der Waals surface area contributed by atoms with Gasteiger partial charge in [0.15, 0.2) is 5.82 Å². The molecule has 1 atom stereocenters. The maximum absolute atomic E-state index is 11.1. The standard InChI is InChI=1S/C18H24N4O2/c23-18(15-5-2-1-3-6-15)7-4-9-21(10-8-18)13-16-19-20-17-14-24-12-11-22(16)17/h1-3,5-6,23H,4,7-14H2. The van der Waals surface area contributed by atoms with Gasteiger partial charge in [0.2, 0.25) is 0 Å². The van der Waals surface area contributed by atoms with E-state index in [0.717, 1.165) is 69.3 Å². The summed E-state index contributed by atoms with van der Waals surface area (Å²) in [5.41, 5.74) is 0.317. The number of fused-ring (bicyclic) bond motifs is 1. The summed E-state index contributed by atoms with van der Waals surface area (Å²) in [5.74, 6) is 1.94. The lowest BCUT2D eigenvalue weighted by atomic mass is 9.87. The van der Waals surface area contributed by atoms with Crippen LogP contribution in [0.1, 0.15) is 36.5 Å². The zero-order valence-corrected chi connectivity index (χ0v) is 13.9. The molecule has 2 aliphatic heterocycles. The molecular formula is C18H24N4O2. The highest BCUT2D eigenvalue weighted by molar-refractivity contribution is 5.22. The van der Waals surface area contributed by atoms with Gasteiger partial charge in [-0.2, -0.15) is 0 Å². The first-order chi connectivity index (χ1) is 11.7. The Kier molecular flexibility index (Phi) is 4.35. The molecule has 2 aliphatic rings. The molecule has 0 radical (unpaired) electrons. The minimum absolute atomic E-state index is 0.556. The molecular weight excluding hydrogens is 304 g/mol. The van der Waals surface area contributed by atoms with Crippen LogP contribution in [0.4, 0.5) is 0 Å². The van der Waals surface area contributed by atoms with Gasteiger partial charge in [0.1, 0.15) is 12.4 Å². The van der Waals surface area contributed by atoms with Crippen molar-refractivity contribution in [3.63, 3.8) is 0 Å². The van der Waals surface area contributed by atoms with Crippen LogP contribution in [-0.4, -0.2) is 44.5 Å². The zero-order valence-electron chi connectivity index (χ0n) is 13.9. The van der Waals surface area contributed by atoms with Crippen molar-refractivity contribution in [3.05, 3.63) is 47.5 Å². The first-order valence-electron chi connectivity index (χ1n) is 8.74. The predicted octanol–water partition coefficient (Wildman–Crippen LogP) is 1.68. The van der Waals surface area contributed by atoms with E-state index < -0.39 is 5.60 Å². The van der Waals surface area contributed by atoms with Gasteiger partial charge in [0, 0.05) is 13.1 Å². The van der Waals surface area contributed by atoms with E-state index in [0.29, 0.717) is 6.61 Å². The van der Waals surface area contributed by atoms with E-state index in [-0.39, 0.29) is 0 Å². The lowest BCUT2D eigenvalue weighted by Gasteiger charge is -2.27. The molecule has 0 aliphatic carbocycles. The van der Waals surface area contributed by atoms with Gasteiger partial charge in [-0.05, 0) is 31.4 Å². The molecule has 6 nitrogen and oxygen atoms in total. The van der Waals surface area contributed by atoms with Crippen LogP contribution in [0, 0.1) is 0 Å². The maximum atomic E-state index is 11.1. The molecule has 3 heterocycles. The van der Waals surface area contributed by atoms with E-state index in [1.807, 2.05) is 30.3 Å². The van der Waals surface area contributed by atoms with Crippen molar-refractivity contribution < 1.29 is 9.84 Å². The van der Waals surface area contributed by atoms with Crippen molar-refractivity contribution in [2.75, 3.05) is 19.7 Å². The van der Waals surface area contributed by atoms with Crippen molar-refractivity contribution in [2.45, 2.75) is 44.6 Å². The second-order valence-electron chi connectivity index (χ2n) is 6.76. The van der Waals surface area contributed by atoms with Crippen molar-refractivity contribution >= 4 is 0 Å². The van der Waals surface area contributed by atoms with Gasteiger partial charge in [-0.25, -0.2) is 0 Å². The lowest BCUT2D eigenvalue weighted by molar-refractivity contribution is 0.0208. The number of nitrogens with zero attached hydrogens (tertiary/aromatic N) is 4. The zero-order chi connectivity index (χ0) is 16.4. The summed E-state index contributed by atoms with van der Waals surface area (Å²) < 4.78 is 7.60. The summed E-state index contributed by atoms with van der Waals surface area (Å²) in [5, 5.41) is 19.7. The second kappa shape index (κ2) is 6.63.